The van der Waals surface area contributed by atoms with Crippen molar-refractivity contribution in [1.82, 2.24) is 14.9 Å². The Balaban J connectivity index is 1.54. The van der Waals surface area contributed by atoms with Gasteiger partial charge in [-0.2, -0.15) is 0 Å². The molecule has 0 aliphatic carbocycles. The van der Waals surface area contributed by atoms with Crippen LogP contribution in [-0.4, -0.2) is 14.9 Å². The van der Waals surface area contributed by atoms with E-state index in [4.69, 9.17) is 11.6 Å². The Hall–Kier alpha value is -2.50. The number of nitrogens with zero attached hydrogens (tertiary/aromatic N) is 3. The highest BCUT2D eigenvalue weighted by molar-refractivity contribution is 7.99. The SMILES string of the molecule is Cc1ccc2cc(Cl)c(C3Nn4c(nnc4-c4ccccc4C)S3)cc2c1. The molecule has 2 heterocycles. The lowest BCUT2D eigenvalue weighted by atomic mass is 10.0. The van der Waals surface area contributed by atoms with Crippen molar-refractivity contribution in [2.24, 2.45) is 0 Å². The predicted octanol–water partition coefficient (Wildman–Crippen LogP) is 5.72. The molecule has 0 fully saturated rings. The van der Waals surface area contributed by atoms with Gasteiger partial charge in [0.25, 0.3) is 0 Å². The molecular formula is C21H17ClN4S. The molecule has 0 spiro atoms. The van der Waals surface area contributed by atoms with Gasteiger partial charge in [0.05, 0.1) is 0 Å². The Labute approximate surface area is 166 Å². The number of aryl methyl sites for hydroxylation is 2. The number of nitrogens with one attached hydrogen (secondary N) is 1. The lowest BCUT2D eigenvalue weighted by Gasteiger charge is -2.15. The Morgan fingerprint density at radius 2 is 1.85 bits per heavy atom. The van der Waals surface area contributed by atoms with E-state index in [2.05, 4.69) is 65.9 Å². The van der Waals surface area contributed by atoms with E-state index in [9.17, 15) is 0 Å². The van der Waals surface area contributed by atoms with Crippen molar-refractivity contribution in [1.29, 1.82) is 0 Å². The average molecular weight is 393 g/mol. The Morgan fingerprint density at radius 1 is 1.00 bits per heavy atom. The van der Waals surface area contributed by atoms with Crippen LogP contribution in [0.4, 0.5) is 0 Å². The molecule has 1 atom stereocenters. The normalized spacial score (nSPS) is 15.7. The number of thioether (sulfide) groups is 1. The van der Waals surface area contributed by atoms with E-state index in [-0.39, 0.29) is 5.37 Å². The second-order valence-corrected chi connectivity index (χ2v) is 8.29. The second kappa shape index (κ2) is 6.29. The van der Waals surface area contributed by atoms with Crippen molar-refractivity contribution < 1.29 is 0 Å². The summed E-state index contributed by atoms with van der Waals surface area (Å²) in [6, 6.07) is 18.8. The van der Waals surface area contributed by atoms with E-state index in [1.165, 1.54) is 16.5 Å². The van der Waals surface area contributed by atoms with Crippen molar-refractivity contribution in [3.63, 3.8) is 0 Å². The minimum Gasteiger partial charge on any atom is -0.304 e. The number of fused-ring (bicyclic) bond motifs is 2. The molecule has 4 nitrogen and oxygen atoms in total. The number of benzene rings is 3. The van der Waals surface area contributed by atoms with Gasteiger partial charge >= 0.3 is 0 Å². The molecule has 5 rings (SSSR count). The first kappa shape index (κ1) is 16.7. The van der Waals surface area contributed by atoms with Crippen LogP contribution in [-0.2, 0) is 0 Å². The van der Waals surface area contributed by atoms with E-state index in [1.54, 1.807) is 11.8 Å². The molecule has 134 valence electrons. The fraction of sp³-hybridized carbons (Fsp3) is 0.143. The topological polar surface area (TPSA) is 42.7 Å². The average Bonchev–Trinajstić information content (AvgIpc) is 3.23. The van der Waals surface area contributed by atoms with Crippen molar-refractivity contribution in [2.75, 3.05) is 5.43 Å². The highest BCUT2D eigenvalue weighted by atomic mass is 35.5. The molecule has 1 aliphatic rings. The van der Waals surface area contributed by atoms with Crippen LogP contribution in [0.2, 0.25) is 5.02 Å². The van der Waals surface area contributed by atoms with Crippen LogP contribution in [0.1, 0.15) is 22.1 Å². The van der Waals surface area contributed by atoms with Gasteiger partial charge in [-0.25, -0.2) is 4.68 Å². The molecular weight excluding hydrogens is 376 g/mol. The Kier molecular flexibility index (Phi) is 3.88. The predicted molar refractivity (Wildman–Crippen MR) is 112 cm³/mol. The number of aromatic nitrogens is 3. The summed E-state index contributed by atoms with van der Waals surface area (Å²) in [5.74, 6) is 0.825. The van der Waals surface area contributed by atoms with Gasteiger partial charge in [-0.1, -0.05) is 71.4 Å². The summed E-state index contributed by atoms with van der Waals surface area (Å²) in [5, 5.41) is 12.7. The van der Waals surface area contributed by atoms with Gasteiger partial charge < -0.3 is 5.43 Å². The number of rotatable bonds is 2. The van der Waals surface area contributed by atoms with Gasteiger partial charge in [-0.15, -0.1) is 10.2 Å². The molecule has 27 heavy (non-hydrogen) atoms. The Bertz CT molecular complexity index is 1180. The summed E-state index contributed by atoms with van der Waals surface area (Å²) in [4.78, 5) is 0. The third kappa shape index (κ3) is 2.78. The number of hydrogen-bond acceptors (Lipinski definition) is 4. The van der Waals surface area contributed by atoms with Crippen molar-refractivity contribution in [2.45, 2.75) is 24.4 Å². The molecule has 0 saturated carbocycles. The maximum Gasteiger partial charge on any atom is 0.212 e. The van der Waals surface area contributed by atoms with Crippen LogP contribution >= 0.6 is 23.4 Å². The van der Waals surface area contributed by atoms with Crippen LogP contribution in [0.25, 0.3) is 22.2 Å². The fourth-order valence-corrected chi connectivity index (χ4v) is 4.82. The standard InChI is InChI=1S/C21H17ClN4S/c1-12-7-8-14-11-18(22)17(10-15(14)9-12)20-25-26-19(23-24-21(26)27-20)16-6-4-3-5-13(16)2/h3-11,20,25H,1-2H3. The van der Waals surface area contributed by atoms with Crippen LogP contribution in [0.3, 0.4) is 0 Å². The van der Waals surface area contributed by atoms with Crippen molar-refractivity contribution in [3.8, 4) is 11.4 Å². The zero-order chi connectivity index (χ0) is 18.5. The van der Waals surface area contributed by atoms with Gasteiger partial charge in [0, 0.05) is 16.1 Å². The largest absolute Gasteiger partial charge is 0.304 e. The molecule has 3 aromatic carbocycles. The van der Waals surface area contributed by atoms with Gasteiger partial charge in [-0.05, 0) is 42.3 Å². The summed E-state index contributed by atoms with van der Waals surface area (Å²) in [5.41, 5.74) is 8.05. The quantitative estimate of drug-likeness (QED) is 0.474. The molecule has 1 aromatic heterocycles. The smallest absolute Gasteiger partial charge is 0.212 e. The van der Waals surface area contributed by atoms with E-state index < -0.39 is 0 Å². The van der Waals surface area contributed by atoms with E-state index in [0.717, 1.165) is 32.5 Å². The van der Waals surface area contributed by atoms with Gasteiger partial charge in [-0.3, -0.25) is 0 Å². The molecule has 1 unspecified atom stereocenters. The maximum absolute atomic E-state index is 6.62. The van der Waals surface area contributed by atoms with Gasteiger partial charge in [0.15, 0.2) is 5.82 Å². The molecule has 6 heteroatoms. The van der Waals surface area contributed by atoms with Gasteiger partial charge in [0.2, 0.25) is 5.16 Å². The summed E-state index contributed by atoms with van der Waals surface area (Å²) in [7, 11) is 0. The summed E-state index contributed by atoms with van der Waals surface area (Å²) < 4.78 is 1.97. The lowest BCUT2D eigenvalue weighted by Crippen LogP contribution is -2.14. The first-order chi connectivity index (χ1) is 13.1. The van der Waals surface area contributed by atoms with Crippen LogP contribution < -0.4 is 5.43 Å². The third-order valence-electron chi connectivity index (χ3n) is 4.88. The van der Waals surface area contributed by atoms with Crippen LogP contribution in [0.5, 0.6) is 0 Å². The highest BCUT2D eigenvalue weighted by Gasteiger charge is 2.30. The molecule has 0 radical (unpaired) electrons. The summed E-state index contributed by atoms with van der Waals surface area (Å²) >= 11 is 8.25. The first-order valence-corrected chi connectivity index (χ1v) is 10.0. The number of hydrogen-bond donors (Lipinski definition) is 1. The molecule has 4 aromatic rings. The zero-order valence-corrected chi connectivity index (χ0v) is 16.5. The van der Waals surface area contributed by atoms with Crippen molar-refractivity contribution in [3.05, 3.63) is 76.3 Å². The second-order valence-electron chi connectivity index (χ2n) is 6.81. The zero-order valence-electron chi connectivity index (χ0n) is 14.9. The fourth-order valence-electron chi connectivity index (χ4n) is 3.45. The molecule has 0 amide bonds. The van der Waals surface area contributed by atoms with Gasteiger partial charge in [0.1, 0.15) is 5.37 Å². The minimum atomic E-state index is -0.00400. The number of halogens is 1. The van der Waals surface area contributed by atoms with Crippen molar-refractivity contribution >= 4 is 34.1 Å². The third-order valence-corrected chi connectivity index (χ3v) is 6.28. The molecule has 1 aliphatic heterocycles. The van der Waals surface area contributed by atoms with Crippen LogP contribution in [0, 0.1) is 13.8 Å². The summed E-state index contributed by atoms with van der Waals surface area (Å²) in [6.07, 6.45) is 0. The maximum atomic E-state index is 6.62. The molecule has 0 saturated heterocycles. The summed E-state index contributed by atoms with van der Waals surface area (Å²) in [6.45, 7) is 4.19. The van der Waals surface area contributed by atoms with E-state index >= 15 is 0 Å². The minimum absolute atomic E-state index is 0.00400. The monoisotopic (exact) mass is 392 g/mol. The van der Waals surface area contributed by atoms with E-state index in [1.807, 2.05) is 22.9 Å². The first-order valence-electron chi connectivity index (χ1n) is 8.74. The molecule has 0 bridgehead atoms. The van der Waals surface area contributed by atoms with Crippen LogP contribution in [0.15, 0.2) is 59.8 Å². The lowest BCUT2D eigenvalue weighted by molar-refractivity contribution is 0.792. The molecule has 1 N–H and O–H groups in total. The Morgan fingerprint density at radius 3 is 2.70 bits per heavy atom. The van der Waals surface area contributed by atoms with E-state index in [0.29, 0.717) is 0 Å². The highest BCUT2D eigenvalue weighted by Crippen LogP contribution is 2.43.